The first-order valence-electron chi connectivity index (χ1n) is 7.44. The van der Waals surface area contributed by atoms with Gasteiger partial charge in [-0.3, -0.25) is 0 Å². The first kappa shape index (κ1) is 14.9. The van der Waals surface area contributed by atoms with Crippen LogP contribution in [0.2, 0.25) is 0 Å². The zero-order valence-electron chi connectivity index (χ0n) is 12.4. The van der Waals surface area contributed by atoms with Crippen LogP contribution in [0, 0.1) is 0 Å². The number of thiazole rings is 1. The van der Waals surface area contributed by atoms with Crippen LogP contribution in [0.5, 0.6) is 0 Å². The average molecular weight is 282 g/mol. The van der Waals surface area contributed by atoms with Gasteiger partial charge in [-0.05, 0) is 26.3 Å². The molecule has 0 saturated heterocycles. The van der Waals surface area contributed by atoms with Crippen LogP contribution in [0.25, 0.3) is 0 Å². The summed E-state index contributed by atoms with van der Waals surface area (Å²) < 4.78 is 5.96. The topological polar surface area (TPSA) is 34.1 Å². The Kier molecular flexibility index (Phi) is 5.37. The van der Waals surface area contributed by atoms with Gasteiger partial charge in [0.25, 0.3) is 0 Å². The summed E-state index contributed by atoms with van der Waals surface area (Å²) in [6.45, 7) is 3.10. The summed E-state index contributed by atoms with van der Waals surface area (Å²) in [5, 5.41) is 4.45. The highest BCUT2D eigenvalue weighted by molar-refractivity contribution is 7.11. The van der Waals surface area contributed by atoms with E-state index in [-0.39, 0.29) is 5.60 Å². The number of hydrogen-bond donors (Lipinski definition) is 1. The summed E-state index contributed by atoms with van der Waals surface area (Å²) in [6, 6.07) is 0. The monoisotopic (exact) mass is 282 g/mol. The lowest BCUT2D eigenvalue weighted by Crippen LogP contribution is -2.27. The van der Waals surface area contributed by atoms with Crippen LogP contribution in [-0.4, -0.2) is 19.1 Å². The third-order valence-electron chi connectivity index (χ3n) is 4.14. The lowest BCUT2D eigenvalue weighted by molar-refractivity contribution is -0.0280. The van der Waals surface area contributed by atoms with Crippen molar-refractivity contribution in [1.82, 2.24) is 10.3 Å². The second kappa shape index (κ2) is 6.82. The largest absolute Gasteiger partial charge is 0.371 e. The zero-order chi connectivity index (χ0) is 13.7. The van der Waals surface area contributed by atoms with Gasteiger partial charge in [-0.25, -0.2) is 4.98 Å². The minimum atomic E-state index is -0.114. The number of aromatic nitrogens is 1. The summed E-state index contributed by atoms with van der Waals surface area (Å²) in [4.78, 5) is 6.28. The zero-order valence-corrected chi connectivity index (χ0v) is 13.2. The molecule has 1 aliphatic rings. The smallest absolute Gasteiger partial charge is 0.125 e. The van der Waals surface area contributed by atoms with E-state index in [0.29, 0.717) is 0 Å². The molecule has 1 N–H and O–H groups in total. The van der Waals surface area contributed by atoms with Crippen molar-refractivity contribution in [2.75, 3.05) is 14.2 Å². The number of aryl methyl sites for hydroxylation is 1. The fourth-order valence-electron chi connectivity index (χ4n) is 2.96. The maximum absolute atomic E-state index is 5.96. The quantitative estimate of drug-likeness (QED) is 0.838. The van der Waals surface area contributed by atoms with Gasteiger partial charge in [0, 0.05) is 18.5 Å². The van der Waals surface area contributed by atoms with Crippen molar-refractivity contribution in [2.45, 2.75) is 64.0 Å². The number of methoxy groups -OCH3 is 1. The molecule has 1 fully saturated rings. The predicted octanol–water partition coefficient (Wildman–Crippen LogP) is 3.62. The van der Waals surface area contributed by atoms with Crippen molar-refractivity contribution in [3.8, 4) is 0 Å². The molecule has 19 heavy (non-hydrogen) atoms. The maximum Gasteiger partial charge on any atom is 0.125 e. The van der Waals surface area contributed by atoms with Crippen LogP contribution in [0.15, 0.2) is 0 Å². The summed E-state index contributed by atoms with van der Waals surface area (Å²) in [5.74, 6) is 0. The van der Waals surface area contributed by atoms with E-state index in [9.17, 15) is 0 Å². The van der Waals surface area contributed by atoms with Crippen molar-refractivity contribution >= 4 is 11.3 Å². The molecule has 3 nitrogen and oxygen atoms in total. The Labute approximate surface area is 120 Å². The average Bonchev–Trinajstić information content (AvgIpc) is 2.69. The van der Waals surface area contributed by atoms with Crippen molar-refractivity contribution in [3.63, 3.8) is 0 Å². The number of ether oxygens (including phenoxy) is 1. The molecule has 0 aliphatic heterocycles. The fourth-order valence-corrected chi connectivity index (χ4v) is 4.35. The van der Waals surface area contributed by atoms with E-state index < -0.39 is 0 Å². The molecule has 1 saturated carbocycles. The fraction of sp³-hybridized carbons (Fsp3) is 0.800. The van der Waals surface area contributed by atoms with E-state index >= 15 is 0 Å². The van der Waals surface area contributed by atoms with Gasteiger partial charge >= 0.3 is 0 Å². The van der Waals surface area contributed by atoms with Crippen molar-refractivity contribution in [2.24, 2.45) is 0 Å². The van der Waals surface area contributed by atoms with E-state index in [2.05, 4.69) is 12.2 Å². The third kappa shape index (κ3) is 3.18. The molecule has 2 rings (SSSR count). The van der Waals surface area contributed by atoms with Crippen molar-refractivity contribution < 1.29 is 4.74 Å². The SMILES string of the molecule is CCc1nc(C2(OC)CCCCCC2)sc1CNC. The van der Waals surface area contributed by atoms with Gasteiger partial charge in [-0.1, -0.05) is 32.6 Å². The molecular weight excluding hydrogens is 256 g/mol. The second-order valence-electron chi connectivity index (χ2n) is 5.39. The first-order valence-corrected chi connectivity index (χ1v) is 8.26. The highest BCUT2D eigenvalue weighted by atomic mass is 32.1. The molecule has 1 aliphatic carbocycles. The van der Waals surface area contributed by atoms with Crippen molar-refractivity contribution in [3.05, 3.63) is 15.6 Å². The molecule has 1 aromatic heterocycles. The van der Waals surface area contributed by atoms with Gasteiger partial charge < -0.3 is 10.1 Å². The Balaban J connectivity index is 2.31. The first-order chi connectivity index (χ1) is 9.25. The minimum Gasteiger partial charge on any atom is -0.371 e. The third-order valence-corrected chi connectivity index (χ3v) is 5.43. The molecule has 1 aromatic rings. The highest BCUT2D eigenvalue weighted by Crippen LogP contribution is 2.41. The molecule has 108 valence electrons. The standard InChI is InChI=1S/C15H26N2OS/c1-4-12-13(11-16-2)19-14(17-12)15(18-3)9-7-5-6-8-10-15/h16H,4-11H2,1-3H3. The van der Waals surface area contributed by atoms with Crippen molar-refractivity contribution in [1.29, 1.82) is 0 Å². The van der Waals surface area contributed by atoms with E-state index in [1.807, 2.05) is 25.5 Å². The van der Waals surface area contributed by atoms with Crippen LogP contribution in [-0.2, 0) is 23.3 Å². The highest BCUT2D eigenvalue weighted by Gasteiger charge is 2.36. The van der Waals surface area contributed by atoms with Gasteiger partial charge in [0.05, 0.1) is 5.69 Å². The van der Waals surface area contributed by atoms with Crippen LogP contribution in [0.4, 0.5) is 0 Å². The number of nitrogens with zero attached hydrogens (tertiary/aromatic N) is 1. The Morgan fingerprint density at radius 1 is 1.26 bits per heavy atom. The molecule has 0 radical (unpaired) electrons. The van der Waals surface area contributed by atoms with E-state index in [4.69, 9.17) is 9.72 Å². The Hall–Kier alpha value is -0.450. The number of nitrogens with one attached hydrogen (secondary N) is 1. The predicted molar refractivity (Wildman–Crippen MR) is 80.6 cm³/mol. The molecule has 4 heteroatoms. The van der Waals surface area contributed by atoms with Gasteiger partial charge in [-0.15, -0.1) is 11.3 Å². The summed E-state index contributed by atoms with van der Waals surface area (Å²) >= 11 is 1.85. The number of rotatable bonds is 5. The van der Waals surface area contributed by atoms with Gasteiger partial charge in [0.1, 0.15) is 10.6 Å². The van der Waals surface area contributed by atoms with E-state index in [1.54, 1.807) is 0 Å². The van der Waals surface area contributed by atoms with Crippen LogP contribution >= 0.6 is 11.3 Å². The lowest BCUT2D eigenvalue weighted by Gasteiger charge is -2.29. The molecule has 0 bridgehead atoms. The molecule has 0 spiro atoms. The van der Waals surface area contributed by atoms with E-state index in [1.165, 1.54) is 41.3 Å². The van der Waals surface area contributed by atoms with Gasteiger partial charge in [0.15, 0.2) is 0 Å². The summed E-state index contributed by atoms with van der Waals surface area (Å²) in [5.41, 5.74) is 1.13. The van der Waals surface area contributed by atoms with Gasteiger partial charge in [-0.2, -0.15) is 0 Å². The van der Waals surface area contributed by atoms with Gasteiger partial charge in [0.2, 0.25) is 0 Å². The summed E-state index contributed by atoms with van der Waals surface area (Å²) in [7, 11) is 3.85. The molecule has 0 aromatic carbocycles. The number of hydrogen-bond acceptors (Lipinski definition) is 4. The van der Waals surface area contributed by atoms with Crippen LogP contribution < -0.4 is 5.32 Å². The molecule has 0 unspecified atom stereocenters. The molecule has 1 heterocycles. The molecular formula is C15H26N2OS. The lowest BCUT2D eigenvalue weighted by atomic mass is 9.95. The van der Waals surface area contributed by atoms with Crippen LogP contribution in [0.3, 0.4) is 0 Å². The molecule has 0 amide bonds. The van der Waals surface area contributed by atoms with E-state index in [0.717, 1.165) is 25.8 Å². The van der Waals surface area contributed by atoms with Crippen LogP contribution in [0.1, 0.15) is 61.0 Å². The Bertz CT molecular complexity index is 395. The maximum atomic E-state index is 5.96. The summed E-state index contributed by atoms with van der Waals surface area (Å²) in [6.07, 6.45) is 8.44. The normalized spacial score (nSPS) is 19.3. The Morgan fingerprint density at radius 2 is 1.95 bits per heavy atom. The Morgan fingerprint density at radius 3 is 2.47 bits per heavy atom. The molecule has 0 atom stereocenters. The second-order valence-corrected chi connectivity index (χ2v) is 6.47. The minimum absolute atomic E-state index is 0.114.